The standard InChI is InChI=1S/C23H23ClN2O3.2ClH/c1-15(25-14-21(27)20-10-11-22(24)26-13-20)12-16-2-4-17(5-3-16)18-6-8-19(9-7-18)23(28)29;;/h2-11,13,15,21,25,27H,12,14H2,1H3,(H,28,29);2*1H/t15-,21+;;/m1../s1. The number of aliphatic hydroxyl groups excluding tert-OH is 1. The van der Waals surface area contributed by atoms with Crippen molar-refractivity contribution in [2.75, 3.05) is 6.54 Å². The number of carbonyl (C=O) groups is 1. The van der Waals surface area contributed by atoms with Crippen LogP contribution in [-0.2, 0) is 6.42 Å². The maximum Gasteiger partial charge on any atom is 0.335 e. The van der Waals surface area contributed by atoms with Crippen molar-refractivity contribution in [2.24, 2.45) is 0 Å². The fourth-order valence-electron chi connectivity index (χ4n) is 3.08. The van der Waals surface area contributed by atoms with E-state index in [9.17, 15) is 9.90 Å². The molecule has 0 aliphatic rings. The van der Waals surface area contributed by atoms with Crippen molar-refractivity contribution in [3.8, 4) is 11.1 Å². The Hall–Kier alpha value is -2.15. The summed E-state index contributed by atoms with van der Waals surface area (Å²) in [6, 6.07) is 18.7. The van der Waals surface area contributed by atoms with E-state index in [0.29, 0.717) is 11.7 Å². The first kappa shape index (κ1) is 26.9. The van der Waals surface area contributed by atoms with Crippen LogP contribution >= 0.6 is 36.4 Å². The quantitative estimate of drug-likeness (QED) is 0.384. The number of carboxylic acids is 1. The lowest BCUT2D eigenvalue weighted by Crippen LogP contribution is -2.32. The van der Waals surface area contributed by atoms with Crippen LogP contribution in [0, 0.1) is 0 Å². The van der Waals surface area contributed by atoms with E-state index in [4.69, 9.17) is 16.7 Å². The van der Waals surface area contributed by atoms with E-state index in [1.54, 1.807) is 30.5 Å². The van der Waals surface area contributed by atoms with Gasteiger partial charge in [0.05, 0.1) is 11.7 Å². The third kappa shape index (κ3) is 7.80. The van der Waals surface area contributed by atoms with Gasteiger partial charge in [0.25, 0.3) is 0 Å². The lowest BCUT2D eigenvalue weighted by atomic mass is 10.00. The van der Waals surface area contributed by atoms with Gasteiger partial charge in [-0.25, -0.2) is 9.78 Å². The Morgan fingerprint density at radius 3 is 2.10 bits per heavy atom. The highest BCUT2D eigenvalue weighted by Gasteiger charge is 2.11. The van der Waals surface area contributed by atoms with Crippen LogP contribution in [0.4, 0.5) is 0 Å². The molecule has 1 heterocycles. The Labute approximate surface area is 199 Å². The van der Waals surface area contributed by atoms with E-state index in [1.807, 2.05) is 24.3 Å². The summed E-state index contributed by atoms with van der Waals surface area (Å²) in [7, 11) is 0. The number of nitrogens with zero attached hydrogens (tertiary/aromatic N) is 1. The second-order valence-electron chi connectivity index (χ2n) is 7.02. The van der Waals surface area contributed by atoms with Gasteiger partial charge in [0.1, 0.15) is 5.15 Å². The molecular weight excluding hydrogens is 459 g/mol. The normalized spacial score (nSPS) is 12.2. The molecule has 166 valence electrons. The third-order valence-corrected chi connectivity index (χ3v) is 4.98. The SMILES string of the molecule is C[C@H](Cc1ccc(-c2ccc(C(=O)O)cc2)cc1)NC[C@H](O)c1ccc(Cl)nc1.Cl.Cl. The van der Waals surface area contributed by atoms with Crippen LogP contribution in [0.15, 0.2) is 66.9 Å². The zero-order valence-corrected chi connectivity index (χ0v) is 19.3. The fraction of sp³-hybridized carbons (Fsp3) is 0.217. The zero-order valence-electron chi connectivity index (χ0n) is 16.9. The molecule has 3 rings (SSSR count). The van der Waals surface area contributed by atoms with Crippen molar-refractivity contribution in [1.29, 1.82) is 0 Å². The second kappa shape index (κ2) is 12.6. The summed E-state index contributed by atoms with van der Waals surface area (Å²) in [6.07, 6.45) is 1.77. The summed E-state index contributed by atoms with van der Waals surface area (Å²) in [4.78, 5) is 14.9. The summed E-state index contributed by atoms with van der Waals surface area (Å²) in [5.41, 5.74) is 4.21. The van der Waals surface area contributed by atoms with Crippen LogP contribution in [0.2, 0.25) is 5.15 Å². The highest BCUT2D eigenvalue weighted by atomic mass is 35.5. The Bertz CT molecular complexity index is 949. The van der Waals surface area contributed by atoms with Gasteiger partial charge in [-0.2, -0.15) is 0 Å². The molecule has 0 radical (unpaired) electrons. The van der Waals surface area contributed by atoms with Gasteiger partial charge in [0.15, 0.2) is 0 Å². The van der Waals surface area contributed by atoms with Gasteiger partial charge < -0.3 is 15.5 Å². The number of rotatable bonds is 8. The van der Waals surface area contributed by atoms with Crippen molar-refractivity contribution >= 4 is 42.4 Å². The minimum atomic E-state index is -0.925. The summed E-state index contributed by atoms with van der Waals surface area (Å²) in [5, 5.41) is 23.0. The van der Waals surface area contributed by atoms with E-state index in [2.05, 4.69) is 29.4 Å². The predicted molar refractivity (Wildman–Crippen MR) is 129 cm³/mol. The molecular formula is C23H25Cl3N2O3. The van der Waals surface area contributed by atoms with E-state index < -0.39 is 12.1 Å². The molecule has 2 aromatic carbocycles. The van der Waals surface area contributed by atoms with Gasteiger partial charge >= 0.3 is 5.97 Å². The Balaban J connectivity index is 0.00000240. The number of hydrogen-bond acceptors (Lipinski definition) is 4. The van der Waals surface area contributed by atoms with Crippen LogP contribution < -0.4 is 5.32 Å². The predicted octanol–water partition coefficient (Wildman–Crippen LogP) is 5.20. The van der Waals surface area contributed by atoms with Gasteiger partial charge in [-0.05, 0) is 48.2 Å². The van der Waals surface area contributed by atoms with E-state index in [-0.39, 0.29) is 36.4 Å². The van der Waals surface area contributed by atoms with E-state index in [0.717, 1.165) is 23.1 Å². The number of hydrogen-bond donors (Lipinski definition) is 3. The first-order valence-electron chi connectivity index (χ1n) is 9.38. The minimum Gasteiger partial charge on any atom is -0.478 e. The highest BCUT2D eigenvalue weighted by Crippen LogP contribution is 2.21. The number of halogens is 3. The Morgan fingerprint density at radius 2 is 1.58 bits per heavy atom. The second-order valence-corrected chi connectivity index (χ2v) is 7.41. The van der Waals surface area contributed by atoms with Crippen LogP contribution in [0.25, 0.3) is 11.1 Å². The Morgan fingerprint density at radius 1 is 1.00 bits per heavy atom. The third-order valence-electron chi connectivity index (χ3n) is 4.76. The number of aromatic nitrogens is 1. The molecule has 31 heavy (non-hydrogen) atoms. The Kier molecular flexibility index (Phi) is 11.0. The molecule has 3 N–H and O–H groups in total. The van der Waals surface area contributed by atoms with Crippen LogP contribution in [0.3, 0.4) is 0 Å². The van der Waals surface area contributed by atoms with Gasteiger partial charge in [0, 0.05) is 24.3 Å². The minimum absolute atomic E-state index is 0. The molecule has 0 bridgehead atoms. The number of carboxylic acid groups (broad SMARTS) is 1. The van der Waals surface area contributed by atoms with Crippen LogP contribution in [0.5, 0.6) is 0 Å². The smallest absolute Gasteiger partial charge is 0.335 e. The molecule has 1 aromatic heterocycles. The number of aliphatic hydroxyl groups is 1. The number of nitrogens with one attached hydrogen (secondary N) is 1. The average Bonchev–Trinajstić information content (AvgIpc) is 2.73. The molecule has 2 atom stereocenters. The zero-order chi connectivity index (χ0) is 20.8. The largest absolute Gasteiger partial charge is 0.478 e. The maximum atomic E-state index is 11.0. The summed E-state index contributed by atoms with van der Waals surface area (Å²) >= 11 is 5.77. The number of aromatic carboxylic acids is 1. The van der Waals surface area contributed by atoms with Gasteiger partial charge in [-0.15, -0.1) is 24.8 Å². The lowest BCUT2D eigenvalue weighted by molar-refractivity contribution is 0.0697. The summed E-state index contributed by atoms with van der Waals surface area (Å²) in [5.74, 6) is -0.925. The summed E-state index contributed by atoms with van der Waals surface area (Å²) in [6.45, 7) is 2.50. The molecule has 5 nitrogen and oxygen atoms in total. The highest BCUT2D eigenvalue weighted by molar-refractivity contribution is 6.29. The molecule has 0 saturated carbocycles. The van der Waals surface area contributed by atoms with E-state index >= 15 is 0 Å². The average molecular weight is 484 g/mol. The van der Waals surface area contributed by atoms with Crippen molar-refractivity contribution in [3.63, 3.8) is 0 Å². The van der Waals surface area contributed by atoms with Crippen molar-refractivity contribution in [3.05, 3.63) is 88.7 Å². The monoisotopic (exact) mass is 482 g/mol. The molecule has 0 spiro atoms. The van der Waals surface area contributed by atoms with Crippen LogP contribution in [0.1, 0.15) is 34.5 Å². The van der Waals surface area contributed by atoms with Gasteiger partial charge in [0.2, 0.25) is 0 Å². The molecule has 3 aromatic rings. The summed E-state index contributed by atoms with van der Waals surface area (Å²) < 4.78 is 0. The van der Waals surface area contributed by atoms with Crippen LogP contribution in [-0.4, -0.2) is 33.8 Å². The van der Waals surface area contributed by atoms with Crippen molar-refractivity contribution < 1.29 is 15.0 Å². The molecule has 8 heteroatoms. The molecule has 0 amide bonds. The topological polar surface area (TPSA) is 82.5 Å². The van der Waals surface area contributed by atoms with Crippen molar-refractivity contribution in [2.45, 2.75) is 25.5 Å². The number of benzene rings is 2. The fourth-order valence-corrected chi connectivity index (χ4v) is 3.19. The molecule has 0 unspecified atom stereocenters. The van der Waals surface area contributed by atoms with Crippen molar-refractivity contribution in [1.82, 2.24) is 10.3 Å². The van der Waals surface area contributed by atoms with E-state index in [1.165, 1.54) is 5.56 Å². The lowest BCUT2D eigenvalue weighted by Gasteiger charge is -2.17. The van der Waals surface area contributed by atoms with Gasteiger partial charge in [-0.3, -0.25) is 0 Å². The maximum absolute atomic E-state index is 11.0. The van der Waals surface area contributed by atoms with Gasteiger partial charge in [-0.1, -0.05) is 54.1 Å². The molecule has 0 fully saturated rings. The number of pyridine rings is 1. The molecule has 0 saturated heterocycles. The first-order valence-corrected chi connectivity index (χ1v) is 9.76. The molecule has 0 aliphatic heterocycles. The molecule has 0 aliphatic carbocycles. The first-order chi connectivity index (χ1) is 13.9.